The highest BCUT2D eigenvalue weighted by Gasteiger charge is 2.38. The minimum atomic E-state index is -3.06. The van der Waals surface area contributed by atoms with Crippen LogP contribution in [0.5, 0.6) is 0 Å². The van der Waals surface area contributed by atoms with Gasteiger partial charge in [-0.15, -0.1) is 0 Å². The van der Waals surface area contributed by atoms with Gasteiger partial charge in [-0.3, -0.25) is 4.68 Å². The van der Waals surface area contributed by atoms with E-state index in [1.54, 1.807) is 24.1 Å². The molecular formula is C17H25ClFN7O2S. The van der Waals surface area contributed by atoms with Crippen molar-refractivity contribution >= 4 is 38.9 Å². The van der Waals surface area contributed by atoms with Gasteiger partial charge < -0.3 is 16.0 Å². The van der Waals surface area contributed by atoms with Crippen molar-refractivity contribution in [1.82, 2.24) is 25.1 Å². The zero-order valence-electron chi connectivity index (χ0n) is 16.3. The van der Waals surface area contributed by atoms with Gasteiger partial charge in [-0.05, 0) is 19.3 Å². The first kappa shape index (κ1) is 21.7. The molecule has 0 aliphatic carbocycles. The number of nitrogens with zero attached hydrogens (tertiary/aromatic N) is 4. The summed E-state index contributed by atoms with van der Waals surface area (Å²) in [5.74, 6) is 0.833. The van der Waals surface area contributed by atoms with Gasteiger partial charge in [0.05, 0.1) is 18.1 Å². The van der Waals surface area contributed by atoms with E-state index in [4.69, 9.17) is 11.6 Å². The van der Waals surface area contributed by atoms with E-state index in [2.05, 4.69) is 31.0 Å². The van der Waals surface area contributed by atoms with Crippen LogP contribution in [0.2, 0.25) is 5.02 Å². The van der Waals surface area contributed by atoms with E-state index >= 15 is 0 Å². The van der Waals surface area contributed by atoms with E-state index in [1.165, 1.54) is 12.5 Å². The Bertz CT molecular complexity index is 955. The molecule has 3 N–H and O–H groups in total. The van der Waals surface area contributed by atoms with Crippen LogP contribution in [0.15, 0.2) is 18.6 Å². The first-order valence-electron chi connectivity index (χ1n) is 9.23. The summed E-state index contributed by atoms with van der Waals surface area (Å²) < 4.78 is 38.4. The number of anilines is 3. The molecular weight excluding hydrogens is 421 g/mol. The van der Waals surface area contributed by atoms with Crippen molar-refractivity contribution < 1.29 is 12.8 Å². The smallest absolute Gasteiger partial charge is 0.229 e. The minimum Gasteiger partial charge on any atom is -0.367 e. The third kappa shape index (κ3) is 6.25. The van der Waals surface area contributed by atoms with Crippen LogP contribution in [-0.2, 0) is 16.9 Å². The average Bonchev–Trinajstić information content (AvgIpc) is 3.20. The number of hydrogen-bond acceptors (Lipinski definition) is 8. The minimum absolute atomic E-state index is 0.0703. The number of hydrogen-bond donors (Lipinski definition) is 3. The van der Waals surface area contributed by atoms with Crippen molar-refractivity contribution in [2.75, 3.05) is 35.7 Å². The van der Waals surface area contributed by atoms with Gasteiger partial charge in [0, 0.05) is 43.9 Å². The summed E-state index contributed by atoms with van der Waals surface area (Å²) in [5.41, 5.74) is 0.172. The molecule has 0 aromatic carbocycles. The molecule has 3 rings (SSSR count). The molecule has 0 amide bonds. The summed E-state index contributed by atoms with van der Waals surface area (Å²) in [5, 5.41) is 13.8. The van der Waals surface area contributed by atoms with Crippen LogP contribution < -0.4 is 16.0 Å². The summed E-state index contributed by atoms with van der Waals surface area (Å²) in [6.07, 6.45) is 6.41. The second kappa shape index (κ2) is 8.80. The fraction of sp³-hybridized carbons (Fsp3) is 0.588. The van der Waals surface area contributed by atoms with Crippen LogP contribution in [0.1, 0.15) is 19.3 Å². The first-order chi connectivity index (χ1) is 13.6. The molecule has 1 aliphatic heterocycles. The lowest BCUT2D eigenvalue weighted by Gasteiger charge is -2.30. The van der Waals surface area contributed by atoms with Crippen LogP contribution in [0.3, 0.4) is 0 Å². The van der Waals surface area contributed by atoms with Gasteiger partial charge in [0.2, 0.25) is 5.95 Å². The monoisotopic (exact) mass is 445 g/mol. The molecule has 2 aromatic heterocycles. The SMILES string of the molecule is Cn1cc(Nc2ncc(Cl)c(NC[C@]3(CCCS(C)(=O)=O)C[C@H](F)CN3)n2)cn1. The number of alkyl halides is 1. The Kier molecular flexibility index (Phi) is 6.59. The quantitative estimate of drug-likeness (QED) is 0.536. The fourth-order valence-electron chi connectivity index (χ4n) is 3.40. The van der Waals surface area contributed by atoms with Gasteiger partial charge in [-0.25, -0.2) is 17.8 Å². The Hall–Kier alpha value is -1.98. The zero-order valence-corrected chi connectivity index (χ0v) is 17.9. The Morgan fingerprint density at radius 1 is 1.45 bits per heavy atom. The number of rotatable bonds is 9. The summed E-state index contributed by atoms with van der Waals surface area (Å²) in [4.78, 5) is 8.54. The van der Waals surface area contributed by atoms with Gasteiger partial charge in [-0.2, -0.15) is 10.1 Å². The van der Waals surface area contributed by atoms with E-state index in [0.29, 0.717) is 42.6 Å². The second-order valence-corrected chi connectivity index (χ2v) is 10.1. The van der Waals surface area contributed by atoms with E-state index in [-0.39, 0.29) is 12.3 Å². The summed E-state index contributed by atoms with van der Waals surface area (Å²) in [6.45, 7) is 0.603. The molecule has 2 atom stereocenters. The maximum Gasteiger partial charge on any atom is 0.229 e. The van der Waals surface area contributed by atoms with Crippen molar-refractivity contribution in [2.45, 2.75) is 31.0 Å². The van der Waals surface area contributed by atoms with Crippen LogP contribution in [-0.4, -0.2) is 65.0 Å². The van der Waals surface area contributed by atoms with Crippen LogP contribution >= 0.6 is 11.6 Å². The predicted octanol–water partition coefficient (Wildman–Crippen LogP) is 1.91. The molecule has 12 heteroatoms. The molecule has 2 aromatic rings. The highest BCUT2D eigenvalue weighted by atomic mass is 35.5. The van der Waals surface area contributed by atoms with Crippen molar-refractivity contribution in [3.8, 4) is 0 Å². The van der Waals surface area contributed by atoms with E-state index in [1.807, 2.05) is 0 Å². The van der Waals surface area contributed by atoms with Gasteiger partial charge in [0.1, 0.15) is 21.0 Å². The van der Waals surface area contributed by atoms with Crippen molar-refractivity contribution in [2.24, 2.45) is 7.05 Å². The van der Waals surface area contributed by atoms with Crippen LogP contribution in [0, 0.1) is 0 Å². The van der Waals surface area contributed by atoms with Gasteiger partial charge in [0.15, 0.2) is 5.82 Å². The van der Waals surface area contributed by atoms with Crippen LogP contribution in [0.4, 0.5) is 21.8 Å². The Morgan fingerprint density at radius 2 is 2.24 bits per heavy atom. The molecule has 29 heavy (non-hydrogen) atoms. The molecule has 3 heterocycles. The normalized spacial score (nSPS) is 22.0. The first-order valence-corrected chi connectivity index (χ1v) is 11.7. The zero-order chi connectivity index (χ0) is 21.1. The Labute approximate surface area is 174 Å². The lowest BCUT2D eigenvalue weighted by Crippen LogP contribution is -2.46. The number of aryl methyl sites for hydroxylation is 1. The number of nitrogens with one attached hydrogen (secondary N) is 3. The number of aromatic nitrogens is 4. The lowest BCUT2D eigenvalue weighted by molar-refractivity contribution is 0.312. The van der Waals surface area contributed by atoms with Gasteiger partial charge in [-0.1, -0.05) is 11.6 Å². The standard InChI is InChI=1S/C17H25ClFN7O2S/c1-26-10-13(8-23-26)24-16-20-9-14(18)15(25-16)21-11-17(6-12(19)7-22-17)4-3-5-29(2,27)28/h8-10,12,22H,3-7,11H2,1-2H3,(H2,20,21,24,25)/t12-,17-/m0/s1. The van der Waals surface area contributed by atoms with E-state index < -0.39 is 21.5 Å². The molecule has 0 radical (unpaired) electrons. The average molecular weight is 446 g/mol. The van der Waals surface area contributed by atoms with Crippen molar-refractivity contribution in [3.05, 3.63) is 23.6 Å². The summed E-state index contributed by atoms with van der Waals surface area (Å²) in [6, 6.07) is 0. The summed E-state index contributed by atoms with van der Waals surface area (Å²) >= 11 is 6.22. The van der Waals surface area contributed by atoms with Gasteiger partial charge in [0.25, 0.3) is 0 Å². The molecule has 0 spiro atoms. The fourth-order valence-corrected chi connectivity index (χ4v) is 4.23. The van der Waals surface area contributed by atoms with Crippen LogP contribution in [0.25, 0.3) is 0 Å². The van der Waals surface area contributed by atoms with E-state index in [9.17, 15) is 12.8 Å². The highest BCUT2D eigenvalue weighted by Crippen LogP contribution is 2.29. The largest absolute Gasteiger partial charge is 0.367 e. The predicted molar refractivity (Wildman–Crippen MR) is 111 cm³/mol. The molecule has 1 aliphatic rings. The Balaban J connectivity index is 1.67. The second-order valence-electron chi connectivity index (χ2n) is 7.47. The third-order valence-corrected chi connectivity index (χ3v) is 6.09. The molecule has 1 saturated heterocycles. The van der Waals surface area contributed by atoms with Crippen molar-refractivity contribution in [3.63, 3.8) is 0 Å². The Morgan fingerprint density at radius 3 is 2.86 bits per heavy atom. The topological polar surface area (TPSA) is 114 Å². The number of sulfone groups is 1. The van der Waals surface area contributed by atoms with Gasteiger partial charge >= 0.3 is 0 Å². The molecule has 160 valence electrons. The maximum atomic E-state index is 13.9. The highest BCUT2D eigenvalue weighted by molar-refractivity contribution is 7.90. The van der Waals surface area contributed by atoms with Crippen molar-refractivity contribution in [1.29, 1.82) is 0 Å². The molecule has 0 saturated carbocycles. The van der Waals surface area contributed by atoms with E-state index in [0.717, 1.165) is 5.69 Å². The lowest BCUT2D eigenvalue weighted by atomic mass is 9.91. The molecule has 1 fully saturated rings. The summed E-state index contributed by atoms with van der Waals surface area (Å²) in [7, 11) is -1.26. The molecule has 9 nitrogen and oxygen atoms in total. The molecule has 0 bridgehead atoms. The third-order valence-electron chi connectivity index (χ3n) is 4.78. The maximum absolute atomic E-state index is 13.9. The number of halogens is 2. The molecule has 0 unspecified atom stereocenters.